The van der Waals surface area contributed by atoms with Crippen LogP contribution in [0.1, 0.15) is 44.1 Å². The quantitative estimate of drug-likeness (QED) is 0.272. The average Bonchev–Trinajstić information content (AvgIpc) is 3.74. The van der Waals surface area contributed by atoms with Gasteiger partial charge in [0.25, 0.3) is 5.91 Å². The number of hydrogen-bond donors (Lipinski definition) is 3. The van der Waals surface area contributed by atoms with E-state index in [0.29, 0.717) is 35.7 Å². The van der Waals surface area contributed by atoms with E-state index in [0.717, 1.165) is 23.0 Å². The van der Waals surface area contributed by atoms with E-state index in [9.17, 15) is 14.7 Å². The first-order valence-corrected chi connectivity index (χ1v) is 17.6. The zero-order chi connectivity index (χ0) is 29.5. The van der Waals surface area contributed by atoms with Crippen molar-refractivity contribution >= 4 is 58.7 Å². The normalized spacial score (nSPS) is 21.5. The number of nitrogens with one attached hydrogen (secondary N) is 2. The zero-order valence-electron chi connectivity index (χ0n) is 24.0. The minimum absolute atomic E-state index is 0.00248. The number of piperidine rings is 1. The van der Waals surface area contributed by atoms with Gasteiger partial charge in [0.1, 0.15) is 5.69 Å². The first kappa shape index (κ1) is 29.4. The van der Waals surface area contributed by atoms with Gasteiger partial charge in [-0.1, -0.05) is 20.8 Å². The molecule has 2 aliphatic rings. The number of carboxylic acid groups (broad SMARTS) is 1. The van der Waals surface area contributed by atoms with Crippen LogP contribution in [0.2, 0.25) is 18.1 Å². The topological polar surface area (TPSA) is 130 Å². The Bertz CT molecular complexity index is 1460. The zero-order valence-corrected chi connectivity index (χ0v) is 26.6. The second kappa shape index (κ2) is 11.3. The van der Waals surface area contributed by atoms with E-state index in [1.165, 1.54) is 0 Å². The van der Waals surface area contributed by atoms with Gasteiger partial charge in [0.2, 0.25) is 0 Å². The van der Waals surface area contributed by atoms with Crippen LogP contribution in [0.25, 0.3) is 11.0 Å². The van der Waals surface area contributed by atoms with Gasteiger partial charge in [-0.05, 0) is 77.1 Å². The maximum Gasteiger partial charge on any atom is 0.405 e. The lowest BCUT2D eigenvalue weighted by Gasteiger charge is -2.49. The number of hydrogen-bond acceptors (Lipinski definition) is 7. The summed E-state index contributed by atoms with van der Waals surface area (Å²) < 4.78 is 7.72. The van der Waals surface area contributed by atoms with Crippen molar-refractivity contribution in [1.29, 1.82) is 0 Å². The summed E-state index contributed by atoms with van der Waals surface area (Å²) in [6.45, 7) is 12.1. The van der Waals surface area contributed by atoms with E-state index in [1.54, 1.807) is 30.7 Å². The van der Waals surface area contributed by atoms with Crippen molar-refractivity contribution in [2.24, 2.45) is 11.8 Å². The van der Waals surface area contributed by atoms with Crippen LogP contribution in [0, 0.1) is 11.8 Å². The lowest BCUT2D eigenvalue weighted by atomic mass is 9.86. The van der Waals surface area contributed by atoms with Crippen LogP contribution in [-0.2, 0) is 4.43 Å². The Morgan fingerprint density at radius 1 is 1.12 bits per heavy atom. The summed E-state index contributed by atoms with van der Waals surface area (Å²) >= 11 is 3.40. The van der Waals surface area contributed by atoms with Crippen molar-refractivity contribution in [1.82, 2.24) is 20.3 Å². The molecule has 0 aromatic carbocycles. The highest BCUT2D eigenvalue weighted by atomic mass is 79.9. The summed E-state index contributed by atoms with van der Waals surface area (Å²) in [6, 6.07) is 6.67. The molecule has 0 spiro atoms. The second-order valence-electron chi connectivity index (χ2n) is 12.5. The standard InChI is InChI=1S/C29H37BrN6O4Si/c1-29(2,3)41(4,5)40-26-19(17-6-7-17)15-36(16-24(26)35-28(38)39)25-10-11-31-14-23(25)34-27(37)21-9-8-20-22(33-21)12-18(30)13-32-20/h8-14,17,19,24,26,35H,6-7,15-16H2,1-5H3,(H,34,37)(H,38,39)/t19-,24-,26-/m1/s1. The Balaban J connectivity index is 1.42. The maximum atomic E-state index is 13.3. The lowest BCUT2D eigenvalue weighted by molar-refractivity contribution is 0.0553. The molecule has 3 aromatic heterocycles. The van der Waals surface area contributed by atoms with Crippen molar-refractivity contribution in [3.05, 3.63) is 53.0 Å². The number of fused-ring (bicyclic) bond motifs is 1. The van der Waals surface area contributed by atoms with Gasteiger partial charge < -0.3 is 25.1 Å². The molecule has 0 unspecified atom stereocenters. The highest BCUT2D eigenvalue weighted by Crippen LogP contribution is 2.46. The van der Waals surface area contributed by atoms with E-state index in [2.05, 4.69) is 80.3 Å². The monoisotopic (exact) mass is 640 g/mol. The Labute approximate surface area is 249 Å². The van der Waals surface area contributed by atoms with Crippen LogP contribution in [0.3, 0.4) is 0 Å². The van der Waals surface area contributed by atoms with Crippen molar-refractivity contribution < 1.29 is 19.1 Å². The summed E-state index contributed by atoms with van der Waals surface area (Å²) in [5.74, 6) is 0.260. The number of carbonyl (C=O) groups excluding carboxylic acids is 1. The fraction of sp³-hybridized carbons (Fsp3) is 0.483. The molecular weight excluding hydrogens is 604 g/mol. The molecule has 41 heavy (non-hydrogen) atoms. The van der Waals surface area contributed by atoms with Gasteiger partial charge in [-0.15, -0.1) is 0 Å². The smallest absolute Gasteiger partial charge is 0.405 e. The predicted molar refractivity (Wildman–Crippen MR) is 165 cm³/mol. The minimum Gasteiger partial charge on any atom is -0.465 e. The number of amides is 2. The molecule has 4 heterocycles. The summed E-state index contributed by atoms with van der Waals surface area (Å²) in [4.78, 5) is 40.5. The highest BCUT2D eigenvalue weighted by Gasteiger charge is 2.50. The summed E-state index contributed by atoms with van der Waals surface area (Å²) in [5.41, 5.74) is 2.89. The molecule has 1 saturated heterocycles. The molecule has 218 valence electrons. The average molecular weight is 642 g/mol. The third kappa shape index (κ3) is 6.54. The molecule has 3 aromatic rings. The van der Waals surface area contributed by atoms with E-state index >= 15 is 0 Å². The van der Waals surface area contributed by atoms with E-state index < -0.39 is 20.5 Å². The molecular formula is C29H37BrN6O4Si. The molecule has 0 bridgehead atoms. The van der Waals surface area contributed by atoms with Crippen LogP contribution >= 0.6 is 15.9 Å². The molecule has 12 heteroatoms. The van der Waals surface area contributed by atoms with Gasteiger partial charge in [0.15, 0.2) is 8.32 Å². The molecule has 3 atom stereocenters. The van der Waals surface area contributed by atoms with Crippen LogP contribution in [0.15, 0.2) is 47.3 Å². The van der Waals surface area contributed by atoms with Crippen molar-refractivity contribution in [2.75, 3.05) is 23.3 Å². The molecule has 5 rings (SSSR count). The van der Waals surface area contributed by atoms with Crippen LogP contribution in [0.4, 0.5) is 16.2 Å². The van der Waals surface area contributed by atoms with Gasteiger partial charge in [-0.3, -0.25) is 14.8 Å². The van der Waals surface area contributed by atoms with E-state index in [-0.39, 0.29) is 28.7 Å². The Morgan fingerprint density at radius 3 is 2.56 bits per heavy atom. The van der Waals surface area contributed by atoms with Crippen molar-refractivity contribution in [2.45, 2.75) is 63.9 Å². The Kier molecular flexibility index (Phi) is 8.10. The van der Waals surface area contributed by atoms with Gasteiger partial charge >= 0.3 is 6.09 Å². The fourth-order valence-electron chi connectivity index (χ4n) is 5.24. The molecule has 1 saturated carbocycles. The first-order chi connectivity index (χ1) is 19.3. The number of anilines is 2. The SMILES string of the molecule is CC(C)(C)[Si](C)(C)O[C@@H]1[C@@H](C2CC2)CN(c2ccncc2NC(=O)c2ccc3ncc(Br)cc3n2)C[C@H]1NC(=O)O. The Hall–Kier alpha value is -3.09. The van der Waals surface area contributed by atoms with Gasteiger partial charge in [-0.2, -0.15) is 0 Å². The molecule has 1 aliphatic heterocycles. The van der Waals surface area contributed by atoms with Gasteiger partial charge in [-0.25, -0.2) is 9.78 Å². The predicted octanol–water partition coefficient (Wildman–Crippen LogP) is 5.91. The van der Waals surface area contributed by atoms with Crippen LogP contribution < -0.4 is 15.5 Å². The van der Waals surface area contributed by atoms with Crippen molar-refractivity contribution in [3.8, 4) is 0 Å². The number of aromatic nitrogens is 3. The number of rotatable bonds is 7. The number of pyridine rings is 3. The van der Waals surface area contributed by atoms with Gasteiger partial charge in [0, 0.05) is 35.9 Å². The largest absolute Gasteiger partial charge is 0.465 e. The molecule has 1 aliphatic carbocycles. The molecule has 0 radical (unpaired) electrons. The summed E-state index contributed by atoms with van der Waals surface area (Å²) in [6.07, 6.45) is 5.92. The third-order valence-corrected chi connectivity index (χ3v) is 13.5. The summed E-state index contributed by atoms with van der Waals surface area (Å²) in [5, 5.41) is 15.5. The Morgan fingerprint density at radius 2 is 1.88 bits per heavy atom. The summed E-state index contributed by atoms with van der Waals surface area (Å²) in [7, 11) is -2.17. The minimum atomic E-state index is -2.17. The number of carbonyl (C=O) groups is 2. The fourth-order valence-corrected chi connectivity index (χ4v) is 6.93. The maximum absolute atomic E-state index is 13.3. The molecule has 3 N–H and O–H groups in total. The van der Waals surface area contributed by atoms with E-state index in [4.69, 9.17) is 4.43 Å². The second-order valence-corrected chi connectivity index (χ2v) is 18.2. The molecule has 10 nitrogen and oxygen atoms in total. The number of nitrogens with zero attached hydrogens (tertiary/aromatic N) is 4. The van der Waals surface area contributed by atoms with Crippen LogP contribution in [0.5, 0.6) is 0 Å². The lowest BCUT2D eigenvalue weighted by Crippen LogP contribution is -2.63. The highest BCUT2D eigenvalue weighted by molar-refractivity contribution is 9.10. The third-order valence-electron chi connectivity index (χ3n) is 8.56. The molecule has 2 amide bonds. The van der Waals surface area contributed by atoms with E-state index in [1.807, 2.05) is 12.1 Å². The molecule has 2 fully saturated rings. The first-order valence-electron chi connectivity index (χ1n) is 13.9. The van der Waals surface area contributed by atoms with Crippen molar-refractivity contribution in [3.63, 3.8) is 0 Å². The van der Waals surface area contributed by atoms with Crippen LogP contribution in [-0.4, -0.2) is 65.6 Å². The van der Waals surface area contributed by atoms with Gasteiger partial charge in [0.05, 0.1) is 40.8 Å². The number of halogens is 1.